The fraction of sp³-hybridized carbons (Fsp3) is 0.640. The standard InChI is InChI=1S/C25H39N3O4/c1-4-5-11-28(2)18-22-17-26-27-25(22)21-7-8-23(31-13-6-12-29-3)24(16-21)32-19-20-9-14-30-15-10-20/h7-8,16-17,20H,4-6,9-15,18-19H2,1-3H3,(H,26,27). The summed E-state index contributed by atoms with van der Waals surface area (Å²) in [5.74, 6) is 2.08. The molecule has 0 aliphatic carbocycles. The molecule has 1 aromatic carbocycles. The summed E-state index contributed by atoms with van der Waals surface area (Å²) in [6, 6.07) is 6.16. The molecule has 0 bridgehead atoms. The molecule has 0 amide bonds. The quantitative estimate of drug-likeness (QED) is 0.431. The van der Waals surface area contributed by atoms with E-state index in [9.17, 15) is 0 Å². The zero-order valence-corrected chi connectivity index (χ0v) is 19.9. The minimum absolute atomic E-state index is 0.517. The normalized spacial score (nSPS) is 14.8. The summed E-state index contributed by atoms with van der Waals surface area (Å²) >= 11 is 0. The second-order valence-corrected chi connectivity index (χ2v) is 8.58. The number of H-pyrrole nitrogens is 1. The zero-order valence-electron chi connectivity index (χ0n) is 19.9. The van der Waals surface area contributed by atoms with E-state index in [1.54, 1.807) is 7.11 Å². The molecule has 1 aromatic heterocycles. The number of hydrogen-bond acceptors (Lipinski definition) is 6. The molecule has 0 unspecified atom stereocenters. The Morgan fingerprint density at radius 2 is 1.97 bits per heavy atom. The van der Waals surface area contributed by atoms with Gasteiger partial charge in [0.05, 0.1) is 25.1 Å². The third-order valence-corrected chi connectivity index (χ3v) is 5.85. The molecule has 2 aromatic rings. The van der Waals surface area contributed by atoms with Crippen LogP contribution in [0.4, 0.5) is 0 Å². The number of methoxy groups -OCH3 is 1. The summed E-state index contributed by atoms with van der Waals surface area (Å²) in [6.07, 6.45) is 7.24. The molecule has 7 nitrogen and oxygen atoms in total. The van der Waals surface area contributed by atoms with Crippen LogP contribution in [0.5, 0.6) is 11.5 Å². The highest BCUT2D eigenvalue weighted by atomic mass is 16.5. The molecule has 7 heteroatoms. The third kappa shape index (κ3) is 7.50. The molecule has 1 aliphatic rings. The number of rotatable bonds is 14. The fourth-order valence-corrected chi connectivity index (χ4v) is 3.88. The van der Waals surface area contributed by atoms with Gasteiger partial charge < -0.3 is 23.8 Å². The maximum Gasteiger partial charge on any atom is 0.161 e. The van der Waals surface area contributed by atoms with Gasteiger partial charge in [0, 0.05) is 51.0 Å². The molecular weight excluding hydrogens is 406 g/mol. The first-order valence-corrected chi connectivity index (χ1v) is 11.9. The van der Waals surface area contributed by atoms with E-state index in [1.165, 1.54) is 18.4 Å². The van der Waals surface area contributed by atoms with Crippen molar-refractivity contribution >= 4 is 0 Å². The van der Waals surface area contributed by atoms with Gasteiger partial charge in [-0.05, 0) is 57.0 Å². The Morgan fingerprint density at radius 3 is 2.75 bits per heavy atom. The van der Waals surface area contributed by atoms with Crippen LogP contribution in [0.1, 0.15) is 44.6 Å². The average Bonchev–Trinajstić information content (AvgIpc) is 3.28. The van der Waals surface area contributed by atoms with Gasteiger partial charge in [0.25, 0.3) is 0 Å². The fourth-order valence-electron chi connectivity index (χ4n) is 3.88. The van der Waals surface area contributed by atoms with Crippen molar-refractivity contribution in [1.29, 1.82) is 0 Å². The molecule has 178 valence electrons. The van der Waals surface area contributed by atoms with Gasteiger partial charge in [-0.3, -0.25) is 5.10 Å². The maximum absolute atomic E-state index is 6.29. The van der Waals surface area contributed by atoms with Crippen LogP contribution in [-0.4, -0.2) is 68.8 Å². The Kier molecular flexibility index (Phi) is 10.3. The van der Waals surface area contributed by atoms with Crippen molar-refractivity contribution in [2.75, 3.05) is 53.7 Å². The summed E-state index contributed by atoms with van der Waals surface area (Å²) < 4.78 is 22.9. The monoisotopic (exact) mass is 445 g/mol. The van der Waals surface area contributed by atoms with E-state index in [-0.39, 0.29) is 0 Å². The molecule has 32 heavy (non-hydrogen) atoms. The van der Waals surface area contributed by atoms with Gasteiger partial charge in [0.1, 0.15) is 0 Å². The first kappa shape index (κ1) is 24.6. The third-order valence-electron chi connectivity index (χ3n) is 5.85. The second-order valence-electron chi connectivity index (χ2n) is 8.58. The van der Waals surface area contributed by atoms with Crippen LogP contribution in [0, 0.1) is 5.92 Å². The highest BCUT2D eigenvalue weighted by Gasteiger charge is 2.17. The van der Waals surface area contributed by atoms with Crippen molar-refractivity contribution in [3.63, 3.8) is 0 Å². The van der Waals surface area contributed by atoms with Gasteiger partial charge in [-0.1, -0.05) is 13.3 Å². The molecule has 1 N–H and O–H groups in total. The molecule has 0 spiro atoms. The number of ether oxygens (including phenoxy) is 4. The smallest absolute Gasteiger partial charge is 0.161 e. The molecule has 1 saturated heterocycles. The molecule has 0 atom stereocenters. The SMILES string of the molecule is CCCCN(C)Cc1cn[nH]c1-c1ccc(OCCCOC)c(OCC2CCOCC2)c1. The molecule has 0 radical (unpaired) electrons. The molecule has 1 fully saturated rings. The molecular formula is C25H39N3O4. The maximum atomic E-state index is 6.29. The average molecular weight is 446 g/mol. The van der Waals surface area contributed by atoms with Gasteiger partial charge in [-0.2, -0.15) is 5.10 Å². The van der Waals surface area contributed by atoms with E-state index >= 15 is 0 Å². The Labute approximate surface area is 192 Å². The number of nitrogens with one attached hydrogen (secondary N) is 1. The topological polar surface area (TPSA) is 68.8 Å². The number of nitrogens with zero attached hydrogens (tertiary/aromatic N) is 2. The van der Waals surface area contributed by atoms with Gasteiger partial charge in [0.15, 0.2) is 11.5 Å². The van der Waals surface area contributed by atoms with Crippen molar-refractivity contribution in [3.05, 3.63) is 30.0 Å². The second kappa shape index (κ2) is 13.5. The van der Waals surface area contributed by atoms with E-state index in [1.807, 2.05) is 12.3 Å². The van der Waals surface area contributed by atoms with Crippen molar-refractivity contribution < 1.29 is 18.9 Å². The van der Waals surface area contributed by atoms with E-state index in [2.05, 4.69) is 41.2 Å². The Balaban J connectivity index is 1.74. The van der Waals surface area contributed by atoms with Gasteiger partial charge in [-0.25, -0.2) is 0 Å². The number of aromatic nitrogens is 2. The Bertz CT molecular complexity index is 789. The van der Waals surface area contributed by atoms with Crippen LogP contribution in [-0.2, 0) is 16.0 Å². The van der Waals surface area contributed by atoms with Crippen molar-refractivity contribution in [1.82, 2.24) is 15.1 Å². The predicted molar refractivity (Wildman–Crippen MR) is 126 cm³/mol. The molecule has 2 heterocycles. The highest BCUT2D eigenvalue weighted by molar-refractivity contribution is 5.66. The van der Waals surface area contributed by atoms with E-state index < -0.39 is 0 Å². The van der Waals surface area contributed by atoms with Gasteiger partial charge in [-0.15, -0.1) is 0 Å². The van der Waals surface area contributed by atoms with Crippen LogP contribution in [0.25, 0.3) is 11.3 Å². The lowest BCUT2D eigenvalue weighted by Gasteiger charge is -2.23. The van der Waals surface area contributed by atoms with Crippen molar-refractivity contribution in [2.45, 2.75) is 45.6 Å². The first-order valence-electron chi connectivity index (χ1n) is 11.9. The number of unbranched alkanes of at least 4 members (excludes halogenated alkanes) is 1. The molecule has 0 saturated carbocycles. The van der Waals surface area contributed by atoms with Crippen molar-refractivity contribution in [2.24, 2.45) is 5.92 Å². The van der Waals surface area contributed by atoms with E-state index in [4.69, 9.17) is 18.9 Å². The summed E-state index contributed by atoms with van der Waals surface area (Å²) in [6.45, 7) is 7.75. The predicted octanol–water partition coefficient (Wildman–Crippen LogP) is 4.53. The van der Waals surface area contributed by atoms with E-state index in [0.717, 1.165) is 68.3 Å². The van der Waals surface area contributed by atoms with Gasteiger partial charge >= 0.3 is 0 Å². The minimum Gasteiger partial charge on any atom is -0.490 e. The lowest BCUT2D eigenvalue weighted by atomic mass is 10.0. The van der Waals surface area contributed by atoms with E-state index in [0.29, 0.717) is 25.7 Å². The van der Waals surface area contributed by atoms with Crippen LogP contribution < -0.4 is 9.47 Å². The largest absolute Gasteiger partial charge is 0.490 e. The summed E-state index contributed by atoms with van der Waals surface area (Å²) in [7, 11) is 3.87. The molecule has 3 rings (SSSR count). The Morgan fingerprint density at radius 1 is 1.12 bits per heavy atom. The van der Waals surface area contributed by atoms with Crippen LogP contribution in [0.2, 0.25) is 0 Å². The lowest BCUT2D eigenvalue weighted by molar-refractivity contribution is 0.0492. The number of aromatic amines is 1. The number of benzene rings is 1. The molecule has 1 aliphatic heterocycles. The van der Waals surface area contributed by atoms with Crippen LogP contribution in [0.15, 0.2) is 24.4 Å². The summed E-state index contributed by atoms with van der Waals surface area (Å²) in [5.41, 5.74) is 3.29. The highest BCUT2D eigenvalue weighted by Crippen LogP contribution is 2.34. The number of hydrogen-bond donors (Lipinski definition) is 1. The summed E-state index contributed by atoms with van der Waals surface area (Å²) in [5, 5.41) is 7.51. The lowest BCUT2D eigenvalue weighted by Crippen LogP contribution is -2.21. The zero-order chi connectivity index (χ0) is 22.6. The van der Waals surface area contributed by atoms with Crippen LogP contribution in [0.3, 0.4) is 0 Å². The van der Waals surface area contributed by atoms with Crippen molar-refractivity contribution in [3.8, 4) is 22.8 Å². The minimum atomic E-state index is 0.517. The summed E-state index contributed by atoms with van der Waals surface area (Å²) in [4.78, 5) is 2.34. The van der Waals surface area contributed by atoms with Gasteiger partial charge in [0.2, 0.25) is 0 Å². The van der Waals surface area contributed by atoms with Crippen LogP contribution >= 0.6 is 0 Å². The first-order chi connectivity index (χ1) is 15.7. The Hall–Kier alpha value is -2.09.